The SMILES string of the molecule is O=c1nc2n(c3ccccc13)CCC2=Cc1ccc(Cl)cc1. The molecule has 0 saturated carbocycles. The molecule has 0 spiro atoms. The summed E-state index contributed by atoms with van der Waals surface area (Å²) in [6.07, 6.45) is 2.96. The molecule has 3 aromatic rings. The lowest BCUT2D eigenvalue weighted by Gasteiger charge is -2.07. The van der Waals surface area contributed by atoms with E-state index >= 15 is 0 Å². The number of benzene rings is 2. The van der Waals surface area contributed by atoms with Crippen LogP contribution < -0.4 is 5.56 Å². The van der Waals surface area contributed by atoms with Gasteiger partial charge in [0, 0.05) is 11.6 Å². The van der Waals surface area contributed by atoms with Gasteiger partial charge in [0.05, 0.1) is 10.9 Å². The van der Waals surface area contributed by atoms with Crippen LogP contribution in [0.3, 0.4) is 0 Å². The van der Waals surface area contributed by atoms with Crippen molar-refractivity contribution in [1.29, 1.82) is 0 Å². The minimum Gasteiger partial charge on any atom is -0.325 e. The molecule has 4 heteroatoms. The Labute approximate surface area is 132 Å². The molecule has 22 heavy (non-hydrogen) atoms. The summed E-state index contributed by atoms with van der Waals surface area (Å²) in [5.41, 5.74) is 2.95. The Hall–Kier alpha value is -2.39. The van der Waals surface area contributed by atoms with Gasteiger partial charge in [0.2, 0.25) is 0 Å². The fourth-order valence-electron chi connectivity index (χ4n) is 2.93. The Bertz CT molecular complexity index is 955. The van der Waals surface area contributed by atoms with Gasteiger partial charge < -0.3 is 4.57 Å². The van der Waals surface area contributed by atoms with Gasteiger partial charge in [-0.1, -0.05) is 35.9 Å². The molecule has 4 rings (SSSR count). The highest BCUT2D eigenvalue weighted by molar-refractivity contribution is 6.30. The maximum absolute atomic E-state index is 12.2. The molecule has 0 radical (unpaired) electrons. The molecule has 3 nitrogen and oxygen atoms in total. The van der Waals surface area contributed by atoms with Crippen LogP contribution in [0.15, 0.2) is 53.3 Å². The molecule has 0 saturated heterocycles. The smallest absolute Gasteiger partial charge is 0.281 e. The molecule has 2 heterocycles. The van der Waals surface area contributed by atoms with Crippen molar-refractivity contribution in [3.63, 3.8) is 0 Å². The van der Waals surface area contributed by atoms with E-state index in [4.69, 9.17) is 11.6 Å². The Balaban J connectivity index is 1.89. The summed E-state index contributed by atoms with van der Waals surface area (Å²) < 4.78 is 2.12. The van der Waals surface area contributed by atoms with Crippen LogP contribution >= 0.6 is 11.6 Å². The fourth-order valence-corrected chi connectivity index (χ4v) is 3.06. The minimum absolute atomic E-state index is 0.161. The number of fused-ring (bicyclic) bond motifs is 3. The number of aromatic nitrogens is 2. The maximum Gasteiger partial charge on any atom is 0.281 e. The first-order valence-electron chi connectivity index (χ1n) is 7.18. The number of hydrogen-bond acceptors (Lipinski definition) is 2. The van der Waals surface area contributed by atoms with E-state index in [-0.39, 0.29) is 5.56 Å². The fraction of sp³-hybridized carbons (Fsp3) is 0.111. The van der Waals surface area contributed by atoms with E-state index in [0.717, 1.165) is 35.4 Å². The zero-order valence-corrected chi connectivity index (χ0v) is 12.5. The number of hydrogen-bond donors (Lipinski definition) is 0. The molecular weight excluding hydrogens is 296 g/mol. The molecule has 0 N–H and O–H groups in total. The molecule has 0 aliphatic carbocycles. The van der Waals surface area contributed by atoms with E-state index in [1.54, 1.807) is 0 Å². The highest BCUT2D eigenvalue weighted by Crippen LogP contribution is 2.29. The Morgan fingerprint density at radius 2 is 1.86 bits per heavy atom. The molecule has 0 bridgehead atoms. The lowest BCUT2D eigenvalue weighted by molar-refractivity contribution is 0.772. The Kier molecular flexibility index (Phi) is 3.09. The van der Waals surface area contributed by atoms with Crippen molar-refractivity contribution >= 4 is 34.2 Å². The average Bonchev–Trinajstić information content (AvgIpc) is 2.93. The van der Waals surface area contributed by atoms with Crippen LogP contribution in [0.5, 0.6) is 0 Å². The highest BCUT2D eigenvalue weighted by Gasteiger charge is 2.20. The van der Waals surface area contributed by atoms with Gasteiger partial charge in [-0.15, -0.1) is 0 Å². The summed E-state index contributed by atoms with van der Waals surface area (Å²) in [5, 5.41) is 1.40. The summed E-state index contributed by atoms with van der Waals surface area (Å²) >= 11 is 5.92. The van der Waals surface area contributed by atoms with E-state index in [2.05, 4.69) is 15.6 Å². The van der Waals surface area contributed by atoms with Gasteiger partial charge in [0.25, 0.3) is 5.56 Å². The first-order chi connectivity index (χ1) is 10.7. The minimum atomic E-state index is -0.161. The standard InChI is InChI=1S/C18H13ClN2O/c19-14-7-5-12(6-8-14)11-13-9-10-21-16-4-2-1-3-15(16)18(22)20-17(13)21/h1-8,11H,9-10H2. The first-order valence-corrected chi connectivity index (χ1v) is 7.56. The summed E-state index contributed by atoms with van der Waals surface area (Å²) in [7, 11) is 0. The quantitative estimate of drug-likeness (QED) is 0.681. The molecule has 0 amide bonds. The monoisotopic (exact) mass is 308 g/mol. The van der Waals surface area contributed by atoms with Gasteiger partial charge >= 0.3 is 0 Å². The Morgan fingerprint density at radius 3 is 2.68 bits per heavy atom. The molecule has 0 atom stereocenters. The third-order valence-electron chi connectivity index (χ3n) is 3.99. The van der Waals surface area contributed by atoms with Crippen molar-refractivity contribution < 1.29 is 0 Å². The predicted molar refractivity (Wildman–Crippen MR) is 89.9 cm³/mol. The molecule has 108 valence electrons. The van der Waals surface area contributed by atoms with Gasteiger partial charge in [-0.25, -0.2) is 0 Å². The Morgan fingerprint density at radius 1 is 1.09 bits per heavy atom. The summed E-state index contributed by atoms with van der Waals surface area (Å²) in [6, 6.07) is 15.3. The number of rotatable bonds is 1. The maximum atomic E-state index is 12.2. The third-order valence-corrected chi connectivity index (χ3v) is 4.24. The molecule has 1 aromatic heterocycles. The van der Waals surface area contributed by atoms with Crippen LogP contribution in [0.25, 0.3) is 22.6 Å². The van der Waals surface area contributed by atoms with Crippen LogP contribution in [-0.2, 0) is 6.54 Å². The van der Waals surface area contributed by atoms with Crippen molar-refractivity contribution in [1.82, 2.24) is 9.55 Å². The topological polar surface area (TPSA) is 34.9 Å². The second kappa shape index (κ2) is 5.11. The van der Waals surface area contributed by atoms with E-state index in [0.29, 0.717) is 10.4 Å². The second-order valence-electron chi connectivity index (χ2n) is 5.38. The normalized spacial score (nSPS) is 15.4. The van der Waals surface area contributed by atoms with E-state index in [1.165, 1.54) is 0 Å². The predicted octanol–water partition coefficient (Wildman–Crippen LogP) is 3.99. The number of para-hydroxylation sites is 1. The second-order valence-corrected chi connectivity index (χ2v) is 5.82. The lowest BCUT2D eigenvalue weighted by atomic mass is 10.1. The number of halogens is 1. The molecule has 1 aliphatic heterocycles. The van der Waals surface area contributed by atoms with Gasteiger partial charge in [-0.05, 0) is 47.9 Å². The van der Waals surface area contributed by atoms with Gasteiger partial charge in [0.15, 0.2) is 0 Å². The van der Waals surface area contributed by atoms with Crippen LogP contribution in [0.2, 0.25) is 5.02 Å². The summed E-state index contributed by atoms with van der Waals surface area (Å²) in [5.74, 6) is 0.777. The van der Waals surface area contributed by atoms with Crippen LogP contribution in [0.1, 0.15) is 17.8 Å². The van der Waals surface area contributed by atoms with Crippen molar-refractivity contribution in [2.24, 2.45) is 0 Å². The van der Waals surface area contributed by atoms with Crippen molar-refractivity contribution in [3.05, 3.63) is 75.3 Å². The third kappa shape index (κ3) is 2.14. The van der Waals surface area contributed by atoms with E-state index in [9.17, 15) is 4.79 Å². The van der Waals surface area contributed by atoms with Crippen LogP contribution in [0, 0.1) is 0 Å². The van der Waals surface area contributed by atoms with Crippen LogP contribution in [0.4, 0.5) is 0 Å². The molecule has 0 fully saturated rings. The van der Waals surface area contributed by atoms with Gasteiger partial charge in [-0.2, -0.15) is 4.98 Å². The van der Waals surface area contributed by atoms with E-state index in [1.807, 2.05) is 48.5 Å². The largest absolute Gasteiger partial charge is 0.325 e. The zero-order chi connectivity index (χ0) is 15.1. The molecule has 1 aliphatic rings. The lowest BCUT2D eigenvalue weighted by Crippen LogP contribution is -2.14. The van der Waals surface area contributed by atoms with Gasteiger partial charge in [0.1, 0.15) is 5.82 Å². The summed E-state index contributed by atoms with van der Waals surface area (Å²) in [4.78, 5) is 16.5. The molecular formula is C18H13ClN2O. The molecule has 0 unspecified atom stereocenters. The van der Waals surface area contributed by atoms with Crippen molar-refractivity contribution in [3.8, 4) is 0 Å². The zero-order valence-electron chi connectivity index (χ0n) is 11.8. The van der Waals surface area contributed by atoms with E-state index < -0.39 is 0 Å². The number of nitrogens with zero attached hydrogens (tertiary/aromatic N) is 2. The first kappa shape index (κ1) is 13.3. The van der Waals surface area contributed by atoms with Crippen molar-refractivity contribution in [2.45, 2.75) is 13.0 Å². The molecule has 2 aromatic carbocycles. The van der Waals surface area contributed by atoms with Crippen LogP contribution in [-0.4, -0.2) is 9.55 Å². The van der Waals surface area contributed by atoms with Gasteiger partial charge in [-0.3, -0.25) is 4.79 Å². The highest BCUT2D eigenvalue weighted by atomic mass is 35.5. The number of aryl methyl sites for hydroxylation is 1. The average molecular weight is 309 g/mol. The number of allylic oxidation sites excluding steroid dienone is 1. The van der Waals surface area contributed by atoms with Crippen molar-refractivity contribution in [2.75, 3.05) is 0 Å². The summed E-state index contributed by atoms with van der Waals surface area (Å²) in [6.45, 7) is 0.850.